The van der Waals surface area contributed by atoms with E-state index in [4.69, 9.17) is 32.5 Å². The summed E-state index contributed by atoms with van der Waals surface area (Å²) in [5.74, 6) is 0.484. The van der Waals surface area contributed by atoms with E-state index in [0.29, 0.717) is 19.4 Å². The Morgan fingerprint density at radius 3 is 2.28 bits per heavy atom. The first-order chi connectivity index (χ1) is 21.8. The van der Waals surface area contributed by atoms with E-state index in [-0.39, 0.29) is 27.9 Å². The predicted octanol–water partition coefficient (Wildman–Crippen LogP) is 4.81. The van der Waals surface area contributed by atoms with E-state index in [1.54, 1.807) is 0 Å². The number of phosphoric acid groups is 1. The lowest BCUT2D eigenvalue weighted by Crippen LogP contribution is -2.33. The van der Waals surface area contributed by atoms with Crippen molar-refractivity contribution < 1.29 is 69.1 Å². The molecule has 1 aliphatic rings. The number of imidazole rings is 1. The molecule has 1 saturated heterocycles. The van der Waals surface area contributed by atoms with Gasteiger partial charge in [0.1, 0.15) is 18.3 Å². The van der Waals surface area contributed by atoms with Gasteiger partial charge in [-0.25, -0.2) is 23.8 Å². The molecule has 47 heavy (non-hydrogen) atoms. The maximum absolute atomic E-state index is 13.2. The molecule has 27 heteroatoms. The van der Waals surface area contributed by atoms with Crippen LogP contribution in [0, 0.1) is 0 Å². The SMILES string of the molecule is COP(=O)(OC)C(Cl)(Cl)P(=O)(OC)OP(=O)(O)OC[C@H]1O[C@@H](n2cnc3c(NCCSC)nc(SCCC(F)(F)F)nc32)[C@H](O)[C@@H]1O. The van der Waals surface area contributed by atoms with Gasteiger partial charge in [0.25, 0.3) is 0 Å². The van der Waals surface area contributed by atoms with Gasteiger partial charge in [0.15, 0.2) is 28.4 Å². The van der Waals surface area contributed by atoms with Gasteiger partial charge in [-0.15, -0.1) is 0 Å². The van der Waals surface area contributed by atoms with Crippen LogP contribution in [0.4, 0.5) is 19.0 Å². The first-order valence-electron chi connectivity index (χ1n) is 12.9. The lowest BCUT2D eigenvalue weighted by molar-refractivity contribution is -0.129. The summed E-state index contributed by atoms with van der Waals surface area (Å²) in [5.41, 5.74) is 0.201. The molecular formula is C20H31Cl2F3N5O12P3S2. The monoisotopic (exact) mass is 817 g/mol. The lowest BCUT2D eigenvalue weighted by Gasteiger charge is -2.32. The zero-order chi connectivity index (χ0) is 35.4. The highest BCUT2D eigenvalue weighted by atomic mass is 35.5. The molecule has 0 radical (unpaired) electrons. The number of alkyl halides is 5. The molecule has 0 amide bonds. The molecule has 4 N–H and O–H groups in total. The van der Waals surface area contributed by atoms with E-state index in [0.717, 1.165) is 26.0 Å². The third-order valence-corrected chi connectivity index (χ3v) is 16.6. The van der Waals surface area contributed by atoms with Crippen LogP contribution in [0.3, 0.4) is 0 Å². The highest BCUT2D eigenvalue weighted by molar-refractivity contribution is 7.99. The average molecular weight is 818 g/mol. The van der Waals surface area contributed by atoms with E-state index >= 15 is 0 Å². The van der Waals surface area contributed by atoms with Crippen LogP contribution in [0.5, 0.6) is 0 Å². The molecule has 1 aliphatic heterocycles. The zero-order valence-corrected chi connectivity index (χ0v) is 30.6. The topological polar surface area (TPSA) is 223 Å². The van der Waals surface area contributed by atoms with E-state index < -0.39 is 70.6 Å². The molecule has 1 fully saturated rings. The molecule has 0 aromatic carbocycles. The fourth-order valence-corrected chi connectivity index (χ4v) is 12.1. The molecule has 2 aromatic rings. The van der Waals surface area contributed by atoms with Crippen LogP contribution in [0.2, 0.25) is 0 Å². The van der Waals surface area contributed by atoms with Gasteiger partial charge in [0.2, 0.25) is 0 Å². The van der Waals surface area contributed by atoms with Crippen LogP contribution >= 0.6 is 69.7 Å². The minimum atomic E-state index is -5.48. The zero-order valence-electron chi connectivity index (χ0n) is 24.8. The molecule has 3 rings (SSSR count). The maximum Gasteiger partial charge on any atom is 0.479 e. The number of hydrogen-bond donors (Lipinski definition) is 4. The second kappa shape index (κ2) is 16.4. The lowest BCUT2D eigenvalue weighted by atomic mass is 10.1. The van der Waals surface area contributed by atoms with Gasteiger partial charge in [0, 0.05) is 39.4 Å². The summed E-state index contributed by atoms with van der Waals surface area (Å²) >= 11 is 14.1. The quantitative estimate of drug-likeness (QED) is 0.0521. The Morgan fingerprint density at radius 2 is 1.70 bits per heavy atom. The van der Waals surface area contributed by atoms with Crippen molar-refractivity contribution in [2.24, 2.45) is 0 Å². The fraction of sp³-hybridized carbons (Fsp3) is 0.750. The van der Waals surface area contributed by atoms with Crippen molar-refractivity contribution in [3.05, 3.63) is 6.33 Å². The standard InChI is InChI=1S/C20H31Cl2F3N5O12P3S2/c1-37-43(33,38-2)20(21,22)44(34,39-3)42-45(35,36)40-9-11-13(31)14(32)17(41-11)30-10-27-12-15(26-6-8-46-4)28-18(29-16(12)30)47-7-5-19(23,24)25/h10-11,13-14,17,31-32H,5-9H2,1-4H3,(H,35,36)(H,26,28,29)/t11-,13-,14-,17-,44?/m1/s1. The third-order valence-electron chi connectivity index (χ3n) is 6.22. The number of ether oxygens (including phenoxy) is 1. The molecule has 0 spiro atoms. The molecule has 17 nitrogen and oxygen atoms in total. The number of aliphatic hydroxyl groups excluding tert-OH is 2. The summed E-state index contributed by atoms with van der Waals surface area (Å²) in [7, 11) is -13.0. The molecule has 3 heterocycles. The summed E-state index contributed by atoms with van der Waals surface area (Å²) in [6, 6.07) is 0. The van der Waals surface area contributed by atoms with E-state index in [2.05, 4.69) is 38.2 Å². The van der Waals surface area contributed by atoms with Crippen molar-refractivity contribution in [2.75, 3.05) is 57.6 Å². The molecule has 2 aromatic heterocycles. The second-order valence-corrected chi connectivity index (χ2v) is 20.3. The van der Waals surface area contributed by atoms with Gasteiger partial charge in [-0.1, -0.05) is 35.0 Å². The summed E-state index contributed by atoms with van der Waals surface area (Å²) in [5, 5.41) is 24.5. The summed E-state index contributed by atoms with van der Waals surface area (Å²) in [4.78, 5) is 23.1. The normalized spacial score (nSPS) is 23.6. The Labute approximate surface area is 284 Å². The van der Waals surface area contributed by atoms with Crippen molar-refractivity contribution in [1.82, 2.24) is 19.5 Å². The molecular weight excluding hydrogens is 787 g/mol. The van der Waals surface area contributed by atoms with Crippen molar-refractivity contribution in [2.45, 2.75) is 46.1 Å². The van der Waals surface area contributed by atoms with Gasteiger partial charge in [-0.3, -0.25) is 18.2 Å². The number of anilines is 1. The first-order valence-corrected chi connectivity index (χ1v) is 20.6. The number of halogens is 5. The van der Waals surface area contributed by atoms with Gasteiger partial charge in [-0.2, -0.15) is 24.9 Å². The fourth-order valence-electron chi connectivity index (χ4n) is 3.86. The number of nitrogens with one attached hydrogen (secondary N) is 1. The second-order valence-electron chi connectivity index (χ2n) is 9.26. The van der Waals surface area contributed by atoms with Crippen molar-refractivity contribution in [3.8, 4) is 0 Å². The predicted molar refractivity (Wildman–Crippen MR) is 167 cm³/mol. The molecule has 2 unspecified atom stereocenters. The Morgan fingerprint density at radius 1 is 1.06 bits per heavy atom. The van der Waals surface area contributed by atoms with Gasteiger partial charge in [0.05, 0.1) is 19.4 Å². The number of rotatable bonds is 18. The van der Waals surface area contributed by atoms with E-state index in [9.17, 15) is 42.0 Å². The number of hydrogen-bond acceptors (Lipinski definition) is 17. The third kappa shape index (κ3) is 9.55. The van der Waals surface area contributed by atoms with Crippen LogP contribution in [0.15, 0.2) is 11.5 Å². The number of fused-ring (bicyclic) bond motifs is 1. The molecule has 0 bridgehead atoms. The molecule has 6 atom stereocenters. The minimum Gasteiger partial charge on any atom is -0.387 e. The Bertz CT molecular complexity index is 1520. The van der Waals surface area contributed by atoms with E-state index in [1.807, 2.05) is 6.26 Å². The van der Waals surface area contributed by atoms with Crippen molar-refractivity contribution >= 4 is 86.7 Å². The van der Waals surface area contributed by atoms with Crippen LogP contribution in [0.25, 0.3) is 11.2 Å². The minimum absolute atomic E-state index is 0.0254. The molecule has 0 saturated carbocycles. The number of aromatic nitrogens is 4. The highest BCUT2D eigenvalue weighted by Gasteiger charge is 2.65. The number of aliphatic hydroxyl groups is 2. The number of nitrogens with zero attached hydrogens (tertiary/aromatic N) is 4. The van der Waals surface area contributed by atoms with Crippen LogP contribution < -0.4 is 5.32 Å². The van der Waals surface area contributed by atoms with Gasteiger partial charge < -0.3 is 38.7 Å². The highest BCUT2D eigenvalue weighted by Crippen LogP contribution is 2.84. The van der Waals surface area contributed by atoms with Crippen molar-refractivity contribution in [1.29, 1.82) is 0 Å². The van der Waals surface area contributed by atoms with Crippen LogP contribution in [0.1, 0.15) is 12.6 Å². The van der Waals surface area contributed by atoms with Crippen molar-refractivity contribution in [3.63, 3.8) is 0 Å². The molecule has 270 valence electrons. The maximum atomic E-state index is 13.2. The Kier molecular flexibility index (Phi) is 14.4. The summed E-state index contributed by atoms with van der Waals surface area (Å²) in [6.07, 6.45) is -8.91. The Hall–Kier alpha value is -0.250. The van der Waals surface area contributed by atoms with Gasteiger partial charge in [-0.05, 0) is 6.26 Å². The Balaban J connectivity index is 1.83. The molecule has 0 aliphatic carbocycles. The first kappa shape index (κ1) is 41.2. The average Bonchev–Trinajstić information content (AvgIpc) is 3.54. The largest absolute Gasteiger partial charge is 0.479 e. The van der Waals surface area contributed by atoms with Gasteiger partial charge >= 0.3 is 33.0 Å². The summed E-state index contributed by atoms with van der Waals surface area (Å²) < 4.78 is 104. The van der Waals surface area contributed by atoms with Crippen LogP contribution in [-0.2, 0) is 40.8 Å². The summed E-state index contributed by atoms with van der Waals surface area (Å²) in [6.45, 7) is -0.548. The smallest absolute Gasteiger partial charge is 0.387 e. The number of thioether (sulfide) groups is 2. The van der Waals surface area contributed by atoms with E-state index in [1.165, 1.54) is 22.7 Å². The van der Waals surface area contributed by atoms with Crippen LogP contribution in [-0.4, -0.2) is 115 Å². The number of phosphoric ester groups is 1.